The number of aryl methyl sites for hydroxylation is 1. The van der Waals surface area contributed by atoms with E-state index in [1.807, 2.05) is 6.92 Å². The molecule has 0 aliphatic heterocycles. The van der Waals surface area contributed by atoms with Gasteiger partial charge in [0.1, 0.15) is 6.61 Å². The van der Waals surface area contributed by atoms with Crippen LogP contribution in [0.3, 0.4) is 0 Å². The summed E-state index contributed by atoms with van der Waals surface area (Å²) in [5.74, 6) is -0.714. The van der Waals surface area contributed by atoms with E-state index < -0.39 is 21.4 Å². The van der Waals surface area contributed by atoms with Gasteiger partial charge in [0.05, 0.1) is 17.3 Å². The van der Waals surface area contributed by atoms with E-state index in [2.05, 4.69) is 0 Å². The topological polar surface area (TPSA) is 95.7 Å². The summed E-state index contributed by atoms with van der Waals surface area (Å²) in [6, 6.07) is 6.63. The highest BCUT2D eigenvalue weighted by Crippen LogP contribution is 2.32. The van der Waals surface area contributed by atoms with E-state index in [-0.39, 0.29) is 23.9 Å². The summed E-state index contributed by atoms with van der Waals surface area (Å²) in [4.78, 5) is 12.7. The fraction of sp³-hybridized carbons (Fsp3) is 0.611. The van der Waals surface area contributed by atoms with Gasteiger partial charge in [0.25, 0.3) is 0 Å². The van der Waals surface area contributed by atoms with Crippen molar-refractivity contribution in [3.05, 3.63) is 29.8 Å². The molecule has 6 nitrogen and oxygen atoms in total. The smallest absolute Gasteiger partial charge is 0.338 e. The molecule has 1 aromatic rings. The summed E-state index contributed by atoms with van der Waals surface area (Å²) in [5.41, 5.74) is 5.50. The first-order valence-electron chi connectivity index (χ1n) is 8.70. The summed E-state index contributed by atoms with van der Waals surface area (Å²) in [5, 5.41) is 0. The van der Waals surface area contributed by atoms with Gasteiger partial charge in [-0.15, -0.1) is 0 Å². The summed E-state index contributed by atoms with van der Waals surface area (Å²) in [6.07, 6.45) is 4.03. The van der Waals surface area contributed by atoms with Crippen molar-refractivity contribution >= 4 is 15.8 Å². The summed E-state index contributed by atoms with van der Waals surface area (Å²) in [7, 11) is -3.48. The van der Waals surface area contributed by atoms with Crippen molar-refractivity contribution in [3.8, 4) is 0 Å². The van der Waals surface area contributed by atoms with E-state index in [1.165, 1.54) is 0 Å². The van der Waals surface area contributed by atoms with Crippen LogP contribution in [0, 0.1) is 6.92 Å². The molecular weight excluding hydrogens is 342 g/mol. The fourth-order valence-corrected chi connectivity index (χ4v) is 4.11. The van der Waals surface area contributed by atoms with Crippen molar-refractivity contribution in [1.29, 1.82) is 0 Å². The molecule has 1 fully saturated rings. The van der Waals surface area contributed by atoms with E-state index in [9.17, 15) is 13.2 Å². The molecule has 1 aliphatic rings. The van der Waals surface area contributed by atoms with Gasteiger partial charge in [0.2, 0.25) is 0 Å². The normalized spacial score (nSPS) is 17.2. The Morgan fingerprint density at radius 3 is 2.36 bits per heavy atom. The molecular formula is C18H27NO5S. The molecule has 7 heteroatoms. The molecule has 0 aromatic heterocycles. The van der Waals surface area contributed by atoms with Gasteiger partial charge < -0.3 is 15.2 Å². The van der Waals surface area contributed by atoms with Crippen LogP contribution in [0.15, 0.2) is 29.2 Å². The Balaban J connectivity index is 1.94. The molecule has 0 atom stereocenters. The van der Waals surface area contributed by atoms with Gasteiger partial charge >= 0.3 is 5.97 Å². The Morgan fingerprint density at radius 2 is 1.76 bits per heavy atom. The number of sulfone groups is 1. The first kappa shape index (κ1) is 19.9. The minimum atomic E-state index is -3.48. The number of ether oxygens (including phenoxy) is 2. The molecule has 0 saturated heterocycles. The number of rotatable bonds is 8. The Bertz CT molecular complexity index is 663. The van der Waals surface area contributed by atoms with E-state index in [0.717, 1.165) is 24.8 Å². The highest BCUT2D eigenvalue weighted by molar-refractivity contribution is 7.91. The van der Waals surface area contributed by atoms with Crippen LogP contribution in [0.25, 0.3) is 0 Å². The standard InChI is InChI=1S/C18H27NO5S/c1-15-5-7-16(8-6-15)25(21,22)14-13-23-17(20)18(24-12-11-19)9-3-2-4-10-18/h5-8H,2-4,9-14,19H2,1H3. The van der Waals surface area contributed by atoms with Gasteiger partial charge in [-0.3, -0.25) is 0 Å². The third-order valence-electron chi connectivity index (χ3n) is 4.49. The van der Waals surface area contributed by atoms with Gasteiger partial charge in [-0.05, 0) is 44.7 Å². The van der Waals surface area contributed by atoms with Crippen LogP contribution in [0.5, 0.6) is 0 Å². The first-order chi connectivity index (χ1) is 11.9. The second kappa shape index (κ2) is 8.78. The lowest BCUT2D eigenvalue weighted by molar-refractivity contribution is -0.176. The number of nitrogens with two attached hydrogens (primary N) is 1. The zero-order valence-corrected chi connectivity index (χ0v) is 15.5. The Kier molecular flexibility index (Phi) is 6.98. The molecule has 0 spiro atoms. The number of hydrogen-bond acceptors (Lipinski definition) is 6. The summed E-state index contributed by atoms with van der Waals surface area (Å²) < 4.78 is 35.6. The Hall–Kier alpha value is -1.44. The van der Waals surface area contributed by atoms with Gasteiger partial charge in [-0.25, -0.2) is 13.2 Å². The predicted molar refractivity (Wildman–Crippen MR) is 95.0 cm³/mol. The number of carbonyl (C=O) groups is 1. The van der Waals surface area contributed by atoms with E-state index in [1.54, 1.807) is 24.3 Å². The quantitative estimate of drug-likeness (QED) is 0.704. The third kappa shape index (κ3) is 5.26. The van der Waals surface area contributed by atoms with Crippen molar-refractivity contribution in [2.45, 2.75) is 49.5 Å². The first-order valence-corrected chi connectivity index (χ1v) is 10.4. The maximum Gasteiger partial charge on any atom is 0.338 e. The minimum absolute atomic E-state index is 0.178. The lowest BCUT2D eigenvalue weighted by Crippen LogP contribution is -2.46. The minimum Gasteiger partial charge on any atom is -0.462 e. The molecule has 0 bridgehead atoms. The molecule has 1 aliphatic carbocycles. The molecule has 0 radical (unpaired) electrons. The zero-order chi connectivity index (χ0) is 18.3. The van der Waals surface area contributed by atoms with Gasteiger partial charge in [0, 0.05) is 6.54 Å². The largest absolute Gasteiger partial charge is 0.462 e. The zero-order valence-electron chi connectivity index (χ0n) is 14.7. The molecule has 140 valence electrons. The molecule has 2 rings (SSSR count). The van der Waals surface area contributed by atoms with Crippen LogP contribution in [0.2, 0.25) is 0 Å². The maximum atomic E-state index is 12.5. The van der Waals surface area contributed by atoms with Crippen molar-refractivity contribution in [2.24, 2.45) is 5.73 Å². The molecule has 0 amide bonds. The van der Waals surface area contributed by atoms with Crippen LogP contribution in [0.4, 0.5) is 0 Å². The molecule has 1 saturated carbocycles. The SMILES string of the molecule is Cc1ccc(S(=O)(=O)CCOC(=O)C2(OCCN)CCCCC2)cc1. The Morgan fingerprint density at radius 1 is 1.12 bits per heavy atom. The predicted octanol–water partition coefficient (Wildman–Crippen LogP) is 1.99. The van der Waals surface area contributed by atoms with Gasteiger partial charge in [0.15, 0.2) is 15.4 Å². The summed E-state index contributed by atoms with van der Waals surface area (Å²) in [6.45, 7) is 2.33. The fourth-order valence-electron chi connectivity index (χ4n) is 3.02. The number of esters is 1. The third-order valence-corrected chi connectivity index (χ3v) is 6.19. The van der Waals surface area contributed by atoms with Gasteiger partial charge in [-0.2, -0.15) is 0 Å². The van der Waals surface area contributed by atoms with Crippen molar-refractivity contribution in [2.75, 3.05) is 25.5 Å². The molecule has 0 heterocycles. The van der Waals surface area contributed by atoms with Crippen LogP contribution in [0.1, 0.15) is 37.7 Å². The second-order valence-electron chi connectivity index (χ2n) is 6.46. The average molecular weight is 369 g/mol. The van der Waals surface area contributed by atoms with Crippen molar-refractivity contribution < 1.29 is 22.7 Å². The van der Waals surface area contributed by atoms with Crippen LogP contribution in [-0.2, 0) is 24.1 Å². The van der Waals surface area contributed by atoms with Crippen LogP contribution < -0.4 is 5.73 Å². The Labute approximate surface area is 149 Å². The van der Waals surface area contributed by atoms with Crippen molar-refractivity contribution in [1.82, 2.24) is 0 Å². The average Bonchev–Trinajstić information content (AvgIpc) is 2.61. The highest BCUT2D eigenvalue weighted by atomic mass is 32.2. The van der Waals surface area contributed by atoms with Gasteiger partial charge in [-0.1, -0.05) is 24.1 Å². The number of hydrogen-bond donors (Lipinski definition) is 1. The maximum absolute atomic E-state index is 12.5. The highest BCUT2D eigenvalue weighted by Gasteiger charge is 2.42. The van der Waals surface area contributed by atoms with E-state index in [4.69, 9.17) is 15.2 Å². The second-order valence-corrected chi connectivity index (χ2v) is 8.57. The van der Waals surface area contributed by atoms with Crippen molar-refractivity contribution in [3.63, 3.8) is 0 Å². The lowest BCUT2D eigenvalue weighted by atomic mass is 9.84. The monoisotopic (exact) mass is 369 g/mol. The number of carbonyl (C=O) groups excluding carboxylic acids is 1. The molecule has 2 N–H and O–H groups in total. The molecule has 1 aromatic carbocycles. The number of benzene rings is 1. The lowest BCUT2D eigenvalue weighted by Gasteiger charge is -2.34. The van der Waals surface area contributed by atoms with Crippen LogP contribution in [-0.4, -0.2) is 45.5 Å². The van der Waals surface area contributed by atoms with Crippen LogP contribution >= 0.6 is 0 Å². The molecule has 25 heavy (non-hydrogen) atoms. The molecule has 0 unspecified atom stereocenters. The van der Waals surface area contributed by atoms with E-state index in [0.29, 0.717) is 19.4 Å². The van der Waals surface area contributed by atoms with E-state index >= 15 is 0 Å². The summed E-state index contributed by atoms with van der Waals surface area (Å²) >= 11 is 0.